The van der Waals surface area contributed by atoms with E-state index in [-0.39, 0.29) is 30.4 Å². The highest BCUT2D eigenvalue weighted by atomic mass is 35.5. The average Bonchev–Trinajstić information content (AvgIpc) is 2.19. The molecule has 2 heterocycles. The summed E-state index contributed by atoms with van der Waals surface area (Å²) in [5.41, 5.74) is -0.254. The molecule has 0 saturated carbocycles. The minimum atomic E-state index is -0.464. The van der Waals surface area contributed by atoms with Gasteiger partial charge in [0.2, 0.25) is 0 Å². The summed E-state index contributed by atoms with van der Waals surface area (Å²) in [7, 11) is 0. The van der Waals surface area contributed by atoms with Crippen molar-refractivity contribution in [3.63, 3.8) is 0 Å². The van der Waals surface area contributed by atoms with Gasteiger partial charge in [0.15, 0.2) is 0 Å². The number of aromatic amines is 2. The fourth-order valence-corrected chi connectivity index (χ4v) is 1.54. The predicted molar refractivity (Wildman–Crippen MR) is 67.3 cm³/mol. The number of aromatic nitrogens is 2. The molecular formula is C8H14Cl2N4O2. The quantitative estimate of drug-likeness (QED) is 0.630. The van der Waals surface area contributed by atoms with Gasteiger partial charge in [0.25, 0.3) is 5.56 Å². The van der Waals surface area contributed by atoms with Gasteiger partial charge in [-0.25, -0.2) is 4.79 Å². The zero-order chi connectivity index (χ0) is 9.97. The zero-order valence-electron chi connectivity index (χ0n) is 8.49. The van der Waals surface area contributed by atoms with E-state index in [0.29, 0.717) is 5.69 Å². The highest BCUT2D eigenvalue weighted by Gasteiger charge is 2.13. The van der Waals surface area contributed by atoms with E-state index < -0.39 is 5.69 Å². The lowest BCUT2D eigenvalue weighted by Gasteiger charge is -2.28. The summed E-state index contributed by atoms with van der Waals surface area (Å²) in [5.74, 6) is 0. The van der Waals surface area contributed by atoms with Crippen molar-refractivity contribution in [2.45, 2.75) is 0 Å². The van der Waals surface area contributed by atoms with Crippen molar-refractivity contribution in [3.8, 4) is 0 Å². The third kappa shape index (κ3) is 3.26. The molecule has 0 spiro atoms. The summed E-state index contributed by atoms with van der Waals surface area (Å²) >= 11 is 0. The topological polar surface area (TPSA) is 81.0 Å². The van der Waals surface area contributed by atoms with Gasteiger partial charge >= 0.3 is 5.69 Å². The molecule has 3 N–H and O–H groups in total. The molecule has 0 aromatic carbocycles. The first-order valence-corrected chi connectivity index (χ1v) is 4.55. The van der Waals surface area contributed by atoms with Crippen molar-refractivity contribution in [1.29, 1.82) is 0 Å². The summed E-state index contributed by atoms with van der Waals surface area (Å²) in [6.07, 6.45) is 1.46. The highest BCUT2D eigenvalue weighted by molar-refractivity contribution is 5.85. The van der Waals surface area contributed by atoms with Gasteiger partial charge in [0, 0.05) is 32.4 Å². The first-order valence-electron chi connectivity index (χ1n) is 4.55. The van der Waals surface area contributed by atoms with Crippen LogP contribution >= 0.6 is 24.8 Å². The average molecular weight is 269 g/mol. The van der Waals surface area contributed by atoms with E-state index in [0.717, 1.165) is 26.2 Å². The molecule has 1 fully saturated rings. The van der Waals surface area contributed by atoms with Crippen LogP contribution in [0, 0.1) is 0 Å². The maximum Gasteiger partial charge on any atom is 0.325 e. The van der Waals surface area contributed by atoms with E-state index in [1.165, 1.54) is 6.20 Å². The second-order valence-corrected chi connectivity index (χ2v) is 3.19. The zero-order valence-corrected chi connectivity index (χ0v) is 10.1. The van der Waals surface area contributed by atoms with Gasteiger partial charge < -0.3 is 15.2 Å². The maximum atomic E-state index is 11.4. The molecule has 0 aliphatic carbocycles. The lowest BCUT2D eigenvalue weighted by molar-refractivity contribution is 0.586. The molecule has 0 radical (unpaired) electrons. The van der Waals surface area contributed by atoms with E-state index in [9.17, 15) is 9.59 Å². The van der Waals surface area contributed by atoms with E-state index in [4.69, 9.17) is 0 Å². The highest BCUT2D eigenvalue weighted by Crippen LogP contribution is 2.04. The van der Waals surface area contributed by atoms with Crippen molar-refractivity contribution in [1.82, 2.24) is 15.3 Å². The van der Waals surface area contributed by atoms with Crippen molar-refractivity contribution < 1.29 is 0 Å². The van der Waals surface area contributed by atoms with Gasteiger partial charge in [-0.05, 0) is 0 Å². The van der Waals surface area contributed by atoms with Crippen molar-refractivity contribution >= 4 is 30.5 Å². The summed E-state index contributed by atoms with van der Waals surface area (Å²) in [6, 6.07) is 0. The fourth-order valence-electron chi connectivity index (χ4n) is 1.54. The molecule has 6 nitrogen and oxygen atoms in total. The van der Waals surface area contributed by atoms with Crippen LogP contribution in [0.4, 0.5) is 5.69 Å². The van der Waals surface area contributed by atoms with Crippen molar-refractivity contribution in [2.75, 3.05) is 31.1 Å². The molecule has 1 aliphatic rings. The summed E-state index contributed by atoms with van der Waals surface area (Å²) < 4.78 is 0. The number of hydrogen-bond acceptors (Lipinski definition) is 4. The second-order valence-electron chi connectivity index (χ2n) is 3.19. The molecule has 2 rings (SSSR count). The smallest absolute Gasteiger partial charge is 0.325 e. The van der Waals surface area contributed by atoms with Crippen LogP contribution < -0.4 is 21.5 Å². The van der Waals surface area contributed by atoms with Gasteiger partial charge in [0.1, 0.15) is 5.69 Å². The van der Waals surface area contributed by atoms with Crippen LogP contribution in [0.3, 0.4) is 0 Å². The molecular weight excluding hydrogens is 255 g/mol. The molecule has 8 heteroatoms. The standard InChI is InChI=1S/C8H12N4O2.2ClH/c13-7-6(5-10-8(14)11-7)12-3-1-9-2-4-12;;/h5,9H,1-4H2,(H2,10,11,13,14);2*1H. The number of halogens is 2. The van der Waals surface area contributed by atoms with Crippen LogP contribution in [0.2, 0.25) is 0 Å². The molecule has 0 amide bonds. The lowest BCUT2D eigenvalue weighted by Crippen LogP contribution is -2.46. The molecule has 0 atom stereocenters. The molecule has 0 bridgehead atoms. The Labute approximate surface area is 104 Å². The Balaban J connectivity index is 0.00000112. The summed E-state index contributed by atoms with van der Waals surface area (Å²) in [6.45, 7) is 3.29. The first kappa shape index (κ1) is 15.0. The van der Waals surface area contributed by atoms with Crippen LogP contribution in [-0.2, 0) is 0 Å². The fraction of sp³-hybridized carbons (Fsp3) is 0.500. The Kier molecular flexibility index (Phi) is 6.17. The number of piperazine rings is 1. The molecule has 16 heavy (non-hydrogen) atoms. The Morgan fingerprint density at radius 1 is 1.12 bits per heavy atom. The summed E-state index contributed by atoms with van der Waals surface area (Å²) in [5, 5.41) is 3.19. The number of anilines is 1. The van der Waals surface area contributed by atoms with Gasteiger partial charge in [-0.1, -0.05) is 0 Å². The van der Waals surface area contributed by atoms with Gasteiger partial charge in [-0.15, -0.1) is 24.8 Å². The third-order valence-electron chi connectivity index (χ3n) is 2.26. The number of H-pyrrole nitrogens is 2. The Hall–Kier alpha value is -0.980. The molecule has 92 valence electrons. The normalized spacial score (nSPS) is 14.9. The van der Waals surface area contributed by atoms with Gasteiger partial charge in [-0.3, -0.25) is 9.78 Å². The second kappa shape index (κ2) is 6.57. The van der Waals surface area contributed by atoms with Crippen LogP contribution in [0.5, 0.6) is 0 Å². The first-order chi connectivity index (χ1) is 6.77. The van der Waals surface area contributed by atoms with E-state index in [2.05, 4.69) is 15.3 Å². The van der Waals surface area contributed by atoms with Crippen molar-refractivity contribution in [2.24, 2.45) is 0 Å². The van der Waals surface area contributed by atoms with Gasteiger partial charge in [-0.2, -0.15) is 0 Å². The monoisotopic (exact) mass is 268 g/mol. The third-order valence-corrected chi connectivity index (χ3v) is 2.26. The maximum absolute atomic E-state index is 11.4. The molecule has 0 unspecified atom stereocenters. The number of rotatable bonds is 1. The van der Waals surface area contributed by atoms with E-state index >= 15 is 0 Å². The Bertz CT molecular complexity index is 425. The predicted octanol–water partition coefficient (Wildman–Crippen LogP) is -0.684. The Morgan fingerprint density at radius 3 is 2.31 bits per heavy atom. The number of hydrogen-bond donors (Lipinski definition) is 3. The van der Waals surface area contributed by atoms with Crippen LogP contribution in [0.25, 0.3) is 0 Å². The number of nitrogens with zero attached hydrogens (tertiary/aromatic N) is 1. The minimum Gasteiger partial charge on any atom is -0.363 e. The lowest BCUT2D eigenvalue weighted by atomic mass is 10.3. The minimum absolute atomic E-state index is 0. The van der Waals surface area contributed by atoms with Gasteiger partial charge in [0.05, 0.1) is 0 Å². The molecule has 1 aliphatic heterocycles. The van der Waals surface area contributed by atoms with E-state index in [1.54, 1.807) is 0 Å². The summed E-state index contributed by atoms with van der Waals surface area (Å²) in [4.78, 5) is 28.8. The largest absolute Gasteiger partial charge is 0.363 e. The van der Waals surface area contributed by atoms with Crippen molar-refractivity contribution in [3.05, 3.63) is 27.0 Å². The molecule has 1 aromatic rings. The molecule has 1 aromatic heterocycles. The molecule has 1 saturated heterocycles. The Morgan fingerprint density at radius 2 is 1.75 bits per heavy atom. The van der Waals surface area contributed by atoms with Crippen LogP contribution in [-0.4, -0.2) is 36.1 Å². The number of nitrogens with one attached hydrogen (secondary N) is 3. The van der Waals surface area contributed by atoms with Crippen LogP contribution in [0.1, 0.15) is 0 Å². The van der Waals surface area contributed by atoms with E-state index in [1.807, 2.05) is 4.90 Å². The van der Waals surface area contributed by atoms with Crippen LogP contribution in [0.15, 0.2) is 15.8 Å². The SMILES string of the molecule is Cl.Cl.O=c1[nH]cc(N2CCNCC2)c(=O)[nH]1.